The van der Waals surface area contributed by atoms with E-state index >= 15 is 0 Å². The number of esters is 1. The van der Waals surface area contributed by atoms with Crippen LogP contribution in [0.25, 0.3) is 0 Å². The summed E-state index contributed by atoms with van der Waals surface area (Å²) in [5, 5.41) is 3.34. The summed E-state index contributed by atoms with van der Waals surface area (Å²) in [7, 11) is 1.45. The highest BCUT2D eigenvalue weighted by molar-refractivity contribution is 5.68. The molecule has 0 amide bonds. The first-order valence-corrected chi connectivity index (χ1v) is 5.10. The van der Waals surface area contributed by atoms with Gasteiger partial charge in [0.15, 0.2) is 0 Å². The molecule has 1 aliphatic rings. The molecule has 3 nitrogen and oxygen atoms in total. The van der Waals surface area contributed by atoms with Crippen molar-refractivity contribution >= 4 is 5.97 Å². The van der Waals surface area contributed by atoms with Crippen molar-refractivity contribution < 1.29 is 9.53 Å². The van der Waals surface area contributed by atoms with Crippen molar-refractivity contribution in [2.45, 2.75) is 32.1 Å². The van der Waals surface area contributed by atoms with Crippen LogP contribution < -0.4 is 5.32 Å². The fourth-order valence-corrected chi connectivity index (χ4v) is 1.77. The number of rotatable bonds is 5. The minimum atomic E-state index is -0.0791. The Kier molecular flexibility index (Phi) is 4.83. The van der Waals surface area contributed by atoms with Crippen LogP contribution in [0.5, 0.6) is 0 Å². The van der Waals surface area contributed by atoms with Crippen molar-refractivity contribution in [3.8, 4) is 0 Å². The Morgan fingerprint density at radius 3 is 3.00 bits per heavy atom. The predicted octanol–water partition coefficient (Wildman–Crippen LogP) is 1.33. The first-order valence-electron chi connectivity index (χ1n) is 5.10. The fraction of sp³-hybridized carbons (Fsp3) is 0.900. The van der Waals surface area contributed by atoms with E-state index in [9.17, 15) is 4.79 Å². The summed E-state index contributed by atoms with van der Waals surface area (Å²) in [4.78, 5) is 10.8. The molecule has 1 saturated heterocycles. The second-order valence-electron chi connectivity index (χ2n) is 3.68. The molecule has 1 aliphatic heterocycles. The van der Waals surface area contributed by atoms with Gasteiger partial charge in [-0.2, -0.15) is 0 Å². The summed E-state index contributed by atoms with van der Waals surface area (Å²) < 4.78 is 4.57. The quantitative estimate of drug-likeness (QED) is 0.518. The van der Waals surface area contributed by atoms with Crippen LogP contribution in [0, 0.1) is 5.92 Å². The molecule has 0 bridgehead atoms. The SMILES string of the molecule is COC(=O)CCCCC1CCNC1. The highest BCUT2D eigenvalue weighted by Crippen LogP contribution is 2.16. The van der Waals surface area contributed by atoms with E-state index < -0.39 is 0 Å². The van der Waals surface area contributed by atoms with Gasteiger partial charge < -0.3 is 10.1 Å². The van der Waals surface area contributed by atoms with Crippen LogP contribution >= 0.6 is 0 Å². The van der Waals surface area contributed by atoms with Crippen LogP contribution in [-0.2, 0) is 9.53 Å². The van der Waals surface area contributed by atoms with Gasteiger partial charge in [-0.25, -0.2) is 0 Å². The molecule has 0 aromatic carbocycles. The van der Waals surface area contributed by atoms with Gasteiger partial charge in [0.2, 0.25) is 0 Å². The van der Waals surface area contributed by atoms with Gasteiger partial charge >= 0.3 is 5.97 Å². The van der Waals surface area contributed by atoms with E-state index in [1.54, 1.807) is 0 Å². The van der Waals surface area contributed by atoms with Crippen molar-refractivity contribution in [1.29, 1.82) is 0 Å². The minimum Gasteiger partial charge on any atom is -0.469 e. The van der Waals surface area contributed by atoms with Gasteiger partial charge in [-0.15, -0.1) is 0 Å². The van der Waals surface area contributed by atoms with Crippen LogP contribution in [0.4, 0.5) is 0 Å². The first-order chi connectivity index (χ1) is 6.33. The fourth-order valence-electron chi connectivity index (χ4n) is 1.77. The third-order valence-corrected chi connectivity index (χ3v) is 2.63. The van der Waals surface area contributed by atoms with Crippen LogP contribution in [-0.4, -0.2) is 26.2 Å². The summed E-state index contributed by atoms with van der Waals surface area (Å²) in [6.07, 6.45) is 5.27. The predicted molar refractivity (Wildman–Crippen MR) is 51.5 cm³/mol. The van der Waals surface area contributed by atoms with Crippen molar-refractivity contribution in [2.24, 2.45) is 5.92 Å². The molecule has 0 aromatic rings. The maximum atomic E-state index is 10.8. The van der Waals surface area contributed by atoms with Gasteiger partial charge in [0.25, 0.3) is 0 Å². The highest BCUT2D eigenvalue weighted by Gasteiger charge is 2.13. The number of carbonyl (C=O) groups is 1. The minimum absolute atomic E-state index is 0.0791. The standard InChI is InChI=1S/C10H19NO2/c1-13-10(12)5-3-2-4-9-6-7-11-8-9/h9,11H,2-8H2,1H3. The zero-order valence-electron chi connectivity index (χ0n) is 8.34. The highest BCUT2D eigenvalue weighted by atomic mass is 16.5. The van der Waals surface area contributed by atoms with Crippen molar-refractivity contribution in [1.82, 2.24) is 5.32 Å². The van der Waals surface area contributed by atoms with Gasteiger partial charge in [-0.3, -0.25) is 4.79 Å². The molecule has 0 radical (unpaired) electrons. The second kappa shape index (κ2) is 5.97. The van der Waals surface area contributed by atoms with Crippen molar-refractivity contribution in [3.05, 3.63) is 0 Å². The number of hydrogen-bond donors (Lipinski definition) is 1. The van der Waals surface area contributed by atoms with Crippen LogP contribution in [0.15, 0.2) is 0 Å². The molecule has 1 atom stereocenters. The lowest BCUT2D eigenvalue weighted by atomic mass is 10.0. The average Bonchev–Trinajstić information content (AvgIpc) is 2.64. The molecular weight excluding hydrogens is 166 g/mol. The summed E-state index contributed by atoms with van der Waals surface area (Å²) in [5.41, 5.74) is 0. The Bertz CT molecular complexity index is 153. The smallest absolute Gasteiger partial charge is 0.305 e. The van der Waals surface area contributed by atoms with E-state index in [0.29, 0.717) is 6.42 Å². The van der Waals surface area contributed by atoms with E-state index in [-0.39, 0.29) is 5.97 Å². The third kappa shape index (κ3) is 4.27. The first kappa shape index (κ1) is 10.5. The Labute approximate surface area is 79.8 Å². The van der Waals surface area contributed by atoms with Gasteiger partial charge in [-0.05, 0) is 38.3 Å². The average molecular weight is 185 g/mol. The van der Waals surface area contributed by atoms with Gasteiger partial charge in [0, 0.05) is 6.42 Å². The summed E-state index contributed by atoms with van der Waals surface area (Å²) in [6, 6.07) is 0. The molecule has 0 saturated carbocycles. The monoisotopic (exact) mass is 185 g/mol. The Hall–Kier alpha value is -0.570. The zero-order chi connectivity index (χ0) is 9.52. The van der Waals surface area contributed by atoms with E-state index in [2.05, 4.69) is 10.1 Å². The number of hydrogen-bond acceptors (Lipinski definition) is 3. The van der Waals surface area contributed by atoms with Gasteiger partial charge in [-0.1, -0.05) is 6.42 Å². The molecule has 1 fully saturated rings. The number of unbranched alkanes of at least 4 members (excludes halogenated alkanes) is 1. The lowest BCUT2D eigenvalue weighted by Crippen LogP contribution is -2.09. The molecule has 1 heterocycles. The topological polar surface area (TPSA) is 38.3 Å². The maximum Gasteiger partial charge on any atom is 0.305 e. The van der Waals surface area contributed by atoms with Crippen molar-refractivity contribution in [2.75, 3.05) is 20.2 Å². The number of carbonyl (C=O) groups excluding carboxylic acids is 1. The molecule has 1 unspecified atom stereocenters. The zero-order valence-corrected chi connectivity index (χ0v) is 8.34. The van der Waals surface area contributed by atoms with E-state index in [1.165, 1.54) is 26.5 Å². The molecule has 0 aromatic heterocycles. The van der Waals surface area contributed by atoms with E-state index in [0.717, 1.165) is 25.3 Å². The summed E-state index contributed by atoms with van der Waals surface area (Å²) >= 11 is 0. The molecule has 0 spiro atoms. The molecule has 76 valence electrons. The lowest BCUT2D eigenvalue weighted by Gasteiger charge is -2.06. The van der Waals surface area contributed by atoms with Crippen molar-refractivity contribution in [3.63, 3.8) is 0 Å². The lowest BCUT2D eigenvalue weighted by molar-refractivity contribution is -0.140. The van der Waals surface area contributed by atoms with Crippen LogP contribution in [0.1, 0.15) is 32.1 Å². The molecule has 13 heavy (non-hydrogen) atoms. The molecule has 3 heteroatoms. The normalized spacial score (nSPS) is 21.8. The number of methoxy groups -OCH3 is 1. The van der Waals surface area contributed by atoms with E-state index in [1.807, 2.05) is 0 Å². The van der Waals surface area contributed by atoms with Crippen LogP contribution in [0.2, 0.25) is 0 Å². The van der Waals surface area contributed by atoms with Gasteiger partial charge in [0.1, 0.15) is 0 Å². The summed E-state index contributed by atoms with van der Waals surface area (Å²) in [5.74, 6) is 0.766. The largest absolute Gasteiger partial charge is 0.469 e. The second-order valence-corrected chi connectivity index (χ2v) is 3.68. The summed E-state index contributed by atoms with van der Waals surface area (Å²) in [6.45, 7) is 2.33. The number of ether oxygens (including phenoxy) is 1. The van der Waals surface area contributed by atoms with E-state index in [4.69, 9.17) is 0 Å². The van der Waals surface area contributed by atoms with Crippen LogP contribution in [0.3, 0.4) is 0 Å². The van der Waals surface area contributed by atoms with Gasteiger partial charge in [0.05, 0.1) is 7.11 Å². The molecule has 1 N–H and O–H groups in total. The Balaban J connectivity index is 1.91. The Morgan fingerprint density at radius 2 is 2.38 bits per heavy atom. The maximum absolute atomic E-state index is 10.8. The third-order valence-electron chi connectivity index (χ3n) is 2.63. The molecular formula is C10H19NO2. The molecule has 0 aliphatic carbocycles. The molecule has 1 rings (SSSR count). The number of nitrogens with one attached hydrogen (secondary N) is 1. The Morgan fingerprint density at radius 1 is 1.54 bits per heavy atom.